The predicted octanol–water partition coefficient (Wildman–Crippen LogP) is 1.06. The van der Waals surface area contributed by atoms with Gasteiger partial charge in [0.25, 0.3) is 0 Å². The molecule has 0 aliphatic carbocycles. The van der Waals surface area contributed by atoms with Gasteiger partial charge >= 0.3 is 0 Å². The van der Waals surface area contributed by atoms with E-state index in [1.165, 1.54) is 11.8 Å². The molecule has 11 heavy (non-hydrogen) atoms. The van der Waals surface area contributed by atoms with Crippen LogP contribution < -0.4 is 4.90 Å². The number of amides is 1. The number of carbonyl (C=O) groups is 1. The van der Waals surface area contributed by atoms with Crippen LogP contribution in [-0.2, 0) is 4.79 Å². The van der Waals surface area contributed by atoms with E-state index in [2.05, 4.69) is 4.98 Å². The Kier molecular flexibility index (Phi) is 2.21. The molecule has 1 aromatic rings. The van der Waals surface area contributed by atoms with E-state index in [0.29, 0.717) is 5.82 Å². The van der Waals surface area contributed by atoms with Crippen LogP contribution in [0, 0.1) is 0 Å². The minimum absolute atomic E-state index is 0.0105. The maximum absolute atomic E-state index is 10.8. The first-order valence-corrected chi connectivity index (χ1v) is 3.37. The highest BCUT2D eigenvalue weighted by atomic mass is 16.2. The molecular formula is C8H10N2O. The lowest BCUT2D eigenvalue weighted by molar-refractivity contribution is -0.116. The molecule has 58 valence electrons. The van der Waals surface area contributed by atoms with Crippen molar-refractivity contribution in [2.24, 2.45) is 0 Å². The van der Waals surface area contributed by atoms with E-state index in [-0.39, 0.29) is 5.91 Å². The first-order chi connectivity index (χ1) is 5.22. The third kappa shape index (κ3) is 1.77. The number of aromatic nitrogens is 1. The van der Waals surface area contributed by atoms with E-state index < -0.39 is 0 Å². The Labute approximate surface area is 65.7 Å². The van der Waals surface area contributed by atoms with Crippen molar-refractivity contribution in [1.82, 2.24) is 4.98 Å². The fourth-order valence-corrected chi connectivity index (χ4v) is 0.713. The molecule has 0 spiro atoms. The Balaban J connectivity index is 2.85. The summed E-state index contributed by atoms with van der Waals surface area (Å²) >= 11 is 0. The van der Waals surface area contributed by atoms with Crippen molar-refractivity contribution >= 4 is 11.7 Å². The Bertz CT molecular complexity index is 246. The van der Waals surface area contributed by atoms with Crippen LogP contribution in [-0.4, -0.2) is 17.9 Å². The van der Waals surface area contributed by atoms with E-state index in [4.69, 9.17) is 0 Å². The highest BCUT2D eigenvalue weighted by Crippen LogP contribution is 2.05. The molecule has 3 heteroatoms. The van der Waals surface area contributed by atoms with E-state index in [1.807, 2.05) is 12.1 Å². The zero-order valence-corrected chi connectivity index (χ0v) is 6.61. The molecule has 0 N–H and O–H groups in total. The van der Waals surface area contributed by atoms with Crippen molar-refractivity contribution in [2.45, 2.75) is 6.92 Å². The third-order valence-electron chi connectivity index (χ3n) is 1.47. The van der Waals surface area contributed by atoms with Crippen LogP contribution >= 0.6 is 0 Å². The number of carbonyl (C=O) groups excluding carboxylic acids is 1. The number of anilines is 1. The molecule has 3 nitrogen and oxygen atoms in total. The monoisotopic (exact) mass is 150 g/mol. The number of hydrogen-bond donors (Lipinski definition) is 0. The molecule has 0 unspecified atom stereocenters. The molecule has 0 atom stereocenters. The topological polar surface area (TPSA) is 33.2 Å². The Morgan fingerprint density at radius 2 is 2.27 bits per heavy atom. The number of hydrogen-bond acceptors (Lipinski definition) is 2. The SMILES string of the molecule is CC(=O)N(C)c1ccccn1. The second-order valence-electron chi connectivity index (χ2n) is 2.27. The lowest BCUT2D eigenvalue weighted by Gasteiger charge is -2.12. The summed E-state index contributed by atoms with van der Waals surface area (Å²) in [4.78, 5) is 16.3. The summed E-state index contributed by atoms with van der Waals surface area (Å²) in [5, 5.41) is 0. The van der Waals surface area contributed by atoms with E-state index >= 15 is 0 Å². The minimum Gasteiger partial charge on any atom is -0.300 e. The number of nitrogens with zero attached hydrogens (tertiary/aromatic N) is 2. The molecule has 0 radical (unpaired) electrons. The summed E-state index contributed by atoms with van der Waals surface area (Å²) in [5.74, 6) is 0.670. The third-order valence-corrected chi connectivity index (χ3v) is 1.47. The molecule has 0 saturated heterocycles. The van der Waals surface area contributed by atoms with Crippen LogP contribution in [0.15, 0.2) is 24.4 Å². The van der Waals surface area contributed by atoms with Gasteiger partial charge in [0.15, 0.2) is 0 Å². The molecule has 1 amide bonds. The van der Waals surface area contributed by atoms with Crippen LogP contribution in [0.5, 0.6) is 0 Å². The quantitative estimate of drug-likeness (QED) is 0.599. The zero-order valence-electron chi connectivity index (χ0n) is 6.61. The van der Waals surface area contributed by atoms with Crippen LogP contribution in [0.1, 0.15) is 6.92 Å². The smallest absolute Gasteiger partial charge is 0.224 e. The van der Waals surface area contributed by atoms with Gasteiger partial charge in [0.1, 0.15) is 5.82 Å². The molecule has 0 aliphatic rings. The van der Waals surface area contributed by atoms with Gasteiger partial charge in [0, 0.05) is 20.2 Å². The van der Waals surface area contributed by atoms with Gasteiger partial charge in [-0.2, -0.15) is 0 Å². The van der Waals surface area contributed by atoms with Crippen LogP contribution in [0.4, 0.5) is 5.82 Å². The fraction of sp³-hybridized carbons (Fsp3) is 0.250. The summed E-state index contributed by atoms with van der Waals surface area (Å²) in [5.41, 5.74) is 0. The average molecular weight is 150 g/mol. The summed E-state index contributed by atoms with van der Waals surface area (Å²) < 4.78 is 0. The maximum atomic E-state index is 10.8. The zero-order chi connectivity index (χ0) is 8.27. The highest BCUT2D eigenvalue weighted by Gasteiger charge is 2.03. The van der Waals surface area contributed by atoms with Crippen molar-refractivity contribution in [1.29, 1.82) is 0 Å². The molecule has 0 fully saturated rings. The lowest BCUT2D eigenvalue weighted by Crippen LogP contribution is -2.23. The Morgan fingerprint density at radius 1 is 1.55 bits per heavy atom. The molecule has 0 aliphatic heterocycles. The summed E-state index contributed by atoms with van der Waals surface area (Å²) in [6.07, 6.45) is 1.66. The fourth-order valence-electron chi connectivity index (χ4n) is 0.713. The summed E-state index contributed by atoms with van der Waals surface area (Å²) in [6.45, 7) is 1.51. The Morgan fingerprint density at radius 3 is 2.73 bits per heavy atom. The largest absolute Gasteiger partial charge is 0.300 e. The average Bonchev–Trinajstić information content (AvgIpc) is 2.05. The van der Waals surface area contributed by atoms with Gasteiger partial charge in [-0.25, -0.2) is 4.98 Å². The molecule has 0 bridgehead atoms. The molecular weight excluding hydrogens is 140 g/mol. The summed E-state index contributed by atoms with van der Waals surface area (Å²) in [7, 11) is 1.70. The Hall–Kier alpha value is -1.38. The van der Waals surface area contributed by atoms with Crippen molar-refractivity contribution in [3.63, 3.8) is 0 Å². The van der Waals surface area contributed by atoms with Crippen molar-refractivity contribution in [3.8, 4) is 0 Å². The standard InChI is InChI=1S/C8H10N2O/c1-7(11)10(2)8-5-3-4-6-9-8/h3-6H,1-2H3. The van der Waals surface area contributed by atoms with Gasteiger partial charge in [-0.1, -0.05) is 6.07 Å². The van der Waals surface area contributed by atoms with Crippen LogP contribution in [0.2, 0.25) is 0 Å². The summed E-state index contributed by atoms with van der Waals surface area (Å²) in [6, 6.07) is 5.46. The predicted molar refractivity (Wildman–Crippen MR) is 43.3 cm³/mol. The molecule has 0 saturated carbocycles. The maximum Gasteiger partial charge on any atom is 0.224 e. The normalized spacial score (nSPS) is 9.27. The van der Waals surface area contributed by atoms with Gasteiger partial charge in [0.2, 0.25) is 5.91 Å². The first kappa shape index (κ1) is 7.72. The minimum atomic E-state index is -0.0105. The van der Waals surface area contributed by atoms with Gasteiger partial charge in [-0.3, -0.25) is 4.79 Å². The van der Waals surface area contributed by atoms with E-state index in [1.54, 1.807) is 19.3 Å². The van der Waals surface area contributed by atoms with Gasteiger partial charge in [-0.05, 0) is 12.1 Å². The van der Waals surface area contributed by atoms with Crippen LogP contribution in [0.3, 0.4) is 0 Å². The molecule has 1 aromatic heterocycles. The van der Waals surface area contributed by atoms with Crippen molar-refractivity contribution in [2.75, 3.05) is 11.9 Å². The number of pyridine rings is 1. The van der Waals surface area contributed by atoms with Gasteiger partial charge < -0.3 is 4.90 Å². The molecule has 1 rings (SSSR count). The van der Waals surface area contributed by atoms with Crippen molar-refractivity contribution < 1.29 is 4.79 Å². The van der Waals surface area contributed by atoms with E-state index in [9.17, 15) is 4.79 Å². The number of rotatable bonds is 1. The van der Waals surface area contributed by atoms with E-state index in [0.717, 1.165) is 0 Å². The van der Waals surface area contributed by atoms with Gasteiger partial charge in [-0.15, -0.1) is 0 Å². The molecule has 1 heterocycles. The van der Waals surface area contributed by atoms with Crippen molar-refractivity contribution in [3.05, 3.63) is 24.4 Å². The first-order valence-electron chi connectivity index (χ1n) is 3.37. The highest BCUT2D eigenvalue weighted by molar-refractivity contribution is 5.89. The van der Waals surface area contributed by atoms with Gasteiger partial charge in [0.05, 0.1) is 0 Å². The second-order valence-corrected chi connectivity index (χ2v) is 2.27. The second kappa shape index (κ2) is 3.14. The lowest BCUT2D eigenvalue weighted by atomic mass is 10.4. The van der Waals surface area contributed by atoms with Crippen LogP contribution in [0.25, 0.3) is 0 Å². The molecule has 0 aromatic carbocycles.